The Morgan fingerprint density at radius 2 is 1.92 bits per heavy atom. The molecule has 3 nitrogen and oxygen atoms in total. The van der Waals surface area contributed by atoms with Gasteiger partial charge in [-0.2, -0.15) is 0 Å². The van der Waals surface area contributed by atoms with E-state index >= 15 is 0 Å². The first-order chi connectivity index (χ1) is 11.6. The fourth-order valence-corrected chi connectivity index (χ4v) is 4.67. The molecule has 0 saturated carbocycles. The first kappa shape index (κ1) is 15.4. The van der Waals surface area contributed by atoms with Crippen LogP contribution in [0.5, 0.6) is 0 Å². The molecule has 0 fully saturated rings. The van der Waals surface area contributed by atoms with Gasteiger partial charge in [-0.1, -0.05) is 6.07 Å². The van der Waals surface area contributed by atoms with Gasteiger partial charge in [0.2, 0.25) is 0 Å². The molecule has 2 aromatic heterocycles. The lowest BCUT2D eigenvalue weighted by Gasteiger charge is -2.13. The number of benzene rings is 1. The Hall–Kier alpha value is -2.08. The number of hydrogen-bond donors (Lipinski definition) is 0. The number of fused-ring (bicyclic) bond motifs is 3. The van der Waals surface area contributed by atoms with E-state index in [0.717, 1.165) is 36.1 Å². The average Bonchev–Trinajstić information content (AvgIpc) is 2.91. The zero-order valence-electron chi connectivity index (χ0n) is 13.2. The van der Waals surface area contributed by atoms with Crippen LogP contribution in [0.25, 0.3) is 10.2 Å². The van der Waals surface area contributed by atoms with Gasteiger partial charge in [-0.15, -0.1) is 11.3 Å². The van der Waals surface area contributed by atoms with Crippen molar-refractivity contribution >= 4 is 21.6 Å². The van der Waals surface area contributed by atoms with E-state index in [4.69, 9.17) is 0 Å². The van der Waals surface area contributed by atoms with Gasteiger partial charge in [0.15, 0.2) is 0 Å². The van der Waals surface area contributed by atoms with Gasteiger partial charge in [0.25, 0.3) is 5.56 Å². The highest BCUT2D eigenvalue weighted by molar-refractivity contribution is 7.18. The first-order valence-corrected chi connectivity index (χ1v) is 8.82. The van der Waals surface area contributed by atoms with Gasteiger partial charge < -0.3 is 0 Å². The molecule has 4 rings (SSSR count). The molecular weight excluding hydrogens is 330 g/mol. The lowest BCUT2D eigenvalue weighted by molar-refractivity contribution is 0.538. The molecule has 0 unspecified atom stereocenters. The average molecular weight is 346 g/mol. The number of nitrogens with zero attached hydrogens (tertiary/aromatic N) is 2. The molecule has 2 heterocycles. The second kappa shape index (κ2) is 5.77. The summed E-state index contributed by atoms with van der Waals surface area (Å²) in [7, 11) is 0. The standard InChI is InChI=1S/C18H16F2N2OS/c1-10-21-17-16(11-5-2-3-8-15(11)24-17)18(23)22(10)9-12-13(19)6-4-7-14(12)20/h4,6-7H,2-3,5,8-9H2,1H3. The topological polar surface area (TPSA) is 34.9 Å². The normalized spacial score (nSPS) is 14.1. The summed E-state index contributed by atoms with van der Waals surface area (Å²) in [5, 5.41) is 0.636. The molecular formula is C18H16F2N2OS. The van der Waals surface area contributed by atoms with Gasteiger partial charge in [0.1, 0.15) is 22.3 Å². The largest absolute Gasteiger partial charge is 0.292 e. The second-order valence-electron chi connectivity index (χ2n) is 6.14. The van der Waals surface area contributed by atoms with Gasteiger partial charge in [-0.3, -0.25) is 9.36 Å². The van der Waals surface area contributed by atoms with E-state index < -0.39 is 11.6 Å². The summed E-state index contributed by atoms with van der Waals surface area (Å²) in [5.74, 6) is -0.809. The van der Waals surface area contributed by atoms with Crippen molar-refractivity contribution in [2.75, 3.05) is 0 Å². The fraction of sp³-hybridized carbons (Fsp3) is 0.333. The molecule has 6 heteroatoms. The smallest absolute Gasteiger partial charge is 0.262 e. The van der Waals surface area contributed by atoms with Gasteiger partial charge in [-0.25, -0.2) is 13.8 Å². The van der Waals surface area contributed by atoms with Crippen LogP contribution in [-0.4, -0.2) is 9.55 Å². The zero-order valence-corrected chi connectivity index (χ0v) is 14.1. The molecule has 0 bridgehead atoms. The number of thiophene rings is 1. The molecule has 0 aliphatic heterocycles. The van der Waals surface area contributed by atoms with E-state index in [1.165, 1.54) is 27.6 Å². The first-order valence-electron chi connectivity index (χ1n) is 8.01. The molecule has 1 aliphatic carbocycles. The summed E-state index contributed by atoms with van der Waals surface area (Å²) in [6, 6.07) is 3.73. The Morgan fingerprint density at radius 3 is 2.67 bits per heavy atom. The van der Waals surface area contributed by atoms with Crippen LogP contribution in [0.3, 0.4) is 0 Å². The summed E-state index contributed by atoms with van der Waals surface area (Å²) in [6.07, 6.45) is 4.06. The third-order valence-electron chi connectivity index (χ3n) is 4.64. The summed E-state index contributed by atoms with van der Waals surface area (Å²) < 4.78 is 29.3. The monoisotopic (exact) mass is 346 g/mol. The predicted octanol–water partition coefficient (Wildman–Crippen LogP) is 3.97. The van der Waals surface area contributed by atoms with Crippen LogP contribution in [0.4, 0.5) is 8.78 Å². The maximum Gasteiger partial charge on any atom is 0.262 e. The molecule has 1 aromatic carbocycles. The van der Waals surface area contributed by atoms with Gasteiger partial charge >= 0.3 is 0 Å². The number of rotatable bonds is 2. The Labute approximate surface area is 141 Å². The molecule has 3 aromatic rings. The maximum atomic E-state index is 14.0. The minimum Gasteiger partial charge on any atom is -0.292 e. The zero-order chi connectivity index (χ0) is 16.8. The van der Waals surface area contributed by atoms with Crippen LogP contribution >= 0.6 is 11.3 Å². The SMILES string of the molecule is Cc1nc2sc3c(c2c(=O)n1Cc1c(F)cccc1F)CCCC3. The summed E-state index contributed by atoms with van der Waals surface area (Å²) >= 11 is 1.58. The van der Waals surface area contributed by atoms with E-state index in [0.29, 0.717) is 11.2 Å². The Bertz CT molecular complexity index is 986. The lowest BCUT2D eigenvalue weighted by Crippen LogP contribution is -2.25. The van der Waals surface area contributed by atoms with Crippen molar-refractivity contribution in [1.29, 1.82) is 0 Å². The molecule has 0 spiro atoms. The van der Waals surface area contributed by atoms with Gasteiger partial charge in [0, 0.05) is 10.4 Å². The summed E-state index contributed by atoms with van der Waals surface area (Å²) in [6.45, 7) is 1.56. The molecule has 1 aliphatic rings. The highest BCUT2D eigenvalue weighted by Gasteiger charge is 2.22. The van der Waals surface area contributed by atoms with Crippen molar-refractivity contribution < 1.29 is 8.78 Å². The van der Waals surface area contributed by atoms with Crippen molar-refractivity contribution in [3.8, 4) is 0 Å². The van der Waals surface area contributed by atoms with E-state index in [1.807, 2.05) is 0 Å². The molecule has 0 amide bonds. The third-order valence-corrected chi connectivity index (χ3v) is 5.83. The lowest BCUT2D eigenvalue weighted by atomic mass is 9.97. The van der Waals surface area contributed by atoms with Crippen molar-refractivity contribution in [2.45, 2.75) is 39.2 Å². The Morgan fingerprint density at radius 1 is 1.21 bits per heavy atom. The molecule has 0 saturated heterocycles. The van der Waals surface area contributed by atoms with Crippen molar-refractivity contribution in [1.82, 2.24) is 9.55 Å². The second-order valence-corrected chi connectivity index (χ2v) is 7.23. The Kier molecular flexibility index (Phi) is 3.72. The maximum absolute atomic E-state index is 14.0. The number of halogens is 2. The van der Waals surface area contributed by atoms with Crippen LogP contribution in [-0.2, 0) is 19.4 Å². The molecule has 124 valence electrons. The third kappa shape index (κ3) is 2.36. The van der Waals surface area contributed by atoms with Crippen molar-refractivity contribution in [2.24, 2.45) is 0 Å². The quantitative estimate of drug-likeness (QED) is 0.704. The van der Waals surface area contributed by atoms with Crippen LogP contribution in [0.15, 0.2) is 23.0 Å². The van der Waals surface area contributed by atoms with Crippen LogP contribution in [0, 0.1) is 18.6 Å². The predicted molar refractivity (Wildman–Crippen MR) is 90.7 cm³/mol. The molecule has 0 radical (unpaired) electrons. The van der Waals surface area contributed by atoms with Crippen LogP contribution in [0.2, 0.25) is 0 Å². The van der Waals surface area contributed by atoms with Crippen LogP contribution in [0.1, 0.15) is 34.7 Å². The van der Waals surface area contributed by atoms with E-state index in [2.05, 4.69) is 4.98 Å². The highest BCUT2D eigenvalue weighted by atomic mass is 32.1. The van der Waals surface area contributed by atoms with Gasteiger partial charge in [-0.05, 0) is 50.3 Å². The van der Waals surface area contributed by atoms with E-state index in [1.54, 1.807) is 18.3 Å². The molecule has 0 N–H and O–H groups in total. The molecule has 24 heavy (non-hydrogen) atoms. The number of aryl methyl sites for hydroxylation is 3. The van der Waals surface area contributed by atoms with E-state index in [9.17, 15) is 13.6 Å². The minimum absolute atomic E-state index is 0.104. The number of hydrogen-bond acceptors (Lipinski definition) is 3. The van der Waals surface area contributed by atoms with Crippen molar-refractivity contribution in [3.05, 3.63) is 62.0 Å². The minimum atomic E-state index is -0.645. The van der Waals surface area contributed by atoms with E-state index in [-0.39, 0.29) is 17.7 Å². The summed E-state index contributed by atoms with van der Waals surface area (Å²) in [5.41, 5.74) is 0.786. The number of aromatic nitrogens is 2. The highest BCUT2D eigenvalue weighted by Crippen LogP contribution is 2.33. The van der Waals surface area contributed by atoms with Gasteiger partial charge in [0.05, 0.1) is 11.9 Å². The van der Waals surface area contributed by atoms with Crippen LogP contribution < -0.4 is 5.56 Å². The summed E-state index contributed by atoms with van der Waals surface area (Å²) in [4.78, 5) is 19.5. The molecule has 0 atom stereocenters. The van der Waals surface area contributed by atoms with Crippen molar-refractivity contribution in [3.63, 3.8) is 0 Å². The Balaban J connectivity index is 1.91. The fourth-order valence-electron chi connectivity index (χ4n) is 3.37.